The van der Waals surface area contributed by atoms with Gasteiger partial charge in [-0.15, -0.1) is 10.2 Å². The van der Waals surface area contributed by atoms with Gasteiger partial charge in [-0.3, -0.25) is 9.36 Å². The molecule has 0 unspecified atom stereocenters. The van der Waals surface area contributed by atoms with Crippen molar-refractivity contribution in [1.82, 2.24) is 20.1 Å². The molecule has 1 aromatic heterocycles. The standard InChI is InChI=1S/C19H24N4OS/c1-13(17-10-14-7-8-15(17)9-14)21-18(24)11-25-19-22-20-12-23(19)16-5-3-2-4-6-16/h2-6,12-15,17H,7-11H2,1H3,(H,21,24)/t13-,14-,15-,17+/m0/s1. The summed E-state index contributed by atoms with van der Waals surface area (Å²) < 4.78 is 1.91. The Morgan fingerprint density at radius 3 is 2.88 bits per heavy atom. The highest BCUT2D eigenvalue weighted by Gasteiger charge is 2.42. The molecule has 0 radical (unpaired) electrons. The van der Waals surface area contributed by atoms with E-state index in [0.29, 0.717) is 11.7 Å². The third-order valence-electron chi connectivity index (χ3n) is 5.71. The van der Waals surface area contributed by atoms with Gasteiger partial charge in [-0.05, 0) is 56.1 Å². The Kier molecular flexibility index (Phi) is 4.79. The number of thioether (sulfide) groups is 1. The second-order valence-corrected chi connectivity index (χ2v) is 8.25. The van der Waals surface area contributed by atoms with Crippen molar-refractivity contribution < 1.29 is 4.79 Å². The van der Waals surface area contributed by atoms with Crippen LogP contribution in [-0.2, 0) is 4.79 Å². The molecule has 2 aromatic rings. The molecular weight excluding hydrogens is 332 g/mol. The minimum atomic E-state index is 0.0860. The van der Waals surface area contributed by atoms with Gasteiger partial charge in [-0.25, -0.2) is 0 Å². The van der Waals surface area contributed by atoms with Gasteiger partial charge in [0.15, 0.2) is 5.16 Å². The van der Waals surface area contributed by atoms with E-state index in [-0.39, 0.29) is 11.9 Å². The fraction of sp³-hybridized carbons (Fsp3) is 0.526. The van der Waals surface area contributed by atoms with Crippen LogP contribution in [-0.4, -0.2) is 32.5 Å². The summed E-state index contributed by atoms with van der Waals surface area (Å²) in [4.78, 5) is 12.4. The Morgan fingerprint density at radius 2 is 2.16 bits per heavy atom. The van der Waals surface area contributed by atoms with Crippen LogP contribution in [0.5, 0.6) is 0 Å². The van der Waals surface area contributed by atoms with E-state index < -0.39 is 0 Å². The van der Waals surface area contributed by atoms with Crippen LogP contribution in [0, 0.1) is 17.8 Å². The van der Waals surface area contributed by atoms with Crippen LogP contribution < -0.4 is 5.32 Å². The largest absolute Gasteiger partial charge is 0.353 e. The third kappa shape index (κ3) is 3.59. The molecule has 2 aliphatic carbocycles. The van der Waals surface area contributed by atoms with Gasteiger partial charge in [-0.2, -0.15) is 0 Å². The zero-order valence-electron chi connectivity index (χ0n) is 14.5. The molecule has 1 heterocycles. The first-order valence-corrected chi connectivity index (χ1v) is 10.1. The number of nitrogens with zero attached hydrogens (tertiary/aromatic N) is 3. The van der Waals surface area contributed by atoms with Crippen molar-refractivity contribution in [1.29, 1.82) is 0 Å². The molecule has 2 aliphatic rings. The summed E-state index contributed by atoms with van der Waals surface area (Å²) in [5.74, 6) is 2.86. The molecule has 4 rings (SSSR count). The first-order chi connectivity index (χ1) is 12.2. The lowest BCUT2D eigenvalue weighted by Gasteiger charge is -2.28. The topological polar surface area (TPSA) is 59.8 Å². The molecule has 1 aromatic carbocycles. The lowest BCUT2D eigenvalue weighted by atomic mass is 9.84. The number of hydrogen-bond acceptors (Lipinski definition) is 4. The summed E-state index contributed by atoms with van der Waals surface area (Å²) in [6.45, 7) is 2.17. The minimum Gasteiger partial charge on any atom is -0.353 e. The van der Waals surface area contributed by atoms with Gasteiger partial charge < -0.3 is 5.32 Å². The van der Waals surface area contributed by atoms with Crippen molar-refractivity contribution in [2.75, 3.05) is 5.75 Å². The quantitative estimate of drug-likeness (QED) is 0.807. The molecule has 132 valence electrons. The van der Waals surface area contributed by atoms with E-state index in [1.807, 2.05) is 34.9 Å². The number of nitrogens with one attached hydrogen (secondary N) is 1. The summed E-state index contributed by atoms with van der Waals surface area (Å²) in [6, 6.07) is 10.2. The molecule has 0 spiro atoms. The Labute approximate surface area is 152 Å². The zero-order valence-corrected chi connectivity index (χ0v) is 15.3. The SMILES string of the molecule is C[C@H](NC(=O)CSc1nncn1-c1ccccc1)[C@H]1C[C@H]2CC[C@H]1C2. The van der Waals surface area contributed by atoms with Crippen molar-refractivity contribution >= 4 is 17.7 Å². The fourth-order valence-corrected chi connectivity index (χ4v) is 5.27. The van der Waals surface area contributed by atoms with E-state index in [0.717, 1.165) is 22.7 Å². The second kappa shape index (κ2) is 7.20. The Bertz CT molecular complexity index is 732. The summed E-state index contributed by atoms with van der Waals surface area (Å²) in [5.41, 5.74) is 1.01. The van der Waals surface area contributed by atoms with Gasteiger partial charge in [0.2, 0.25) is 5.91 Å². The lowest BCUT2D eigenvalue weighted by molar-refractivity contribution is -0.119. The van der Waals surface area contributed by atoms with Crippen LogP contribution in [0.15, 0.2) is 41.8 Å². The van der Waals surface area contributed by atoms with Crippen molar-refractivity contribution in [2.45, 2.75) is 43.8 Å². The molecule has 1 N–H and O–H groups in total. The normalized spacial score (nSPS) is 25.9. The fourth-order valence-electron chi connectivity index (χ4n) is 4.53. The van der Waals surface area contributed by atoms with Gasteiger partial charge in [0.05, 0.1) is 5.75 Å². The molecule has 1 amide bonds. The van der Waals surface area contributed by atoms with Crippen LogP contribution in [0.4, 0.5) is 0 Å². The highest BCUT2D eigenvalue weighted by molar-refractivity contribution is 7.99. The average Bonchev–Trinajstić information content (AvgIpc) is 3.37. The van der Waals surface area contributed by atoms with E-state index in [2.05, 4.69) is 22.4 Å². The van der Waals surface area contributed by atoms with Gasteiger partial charge >= 0.3 is 0 Å². The zero-order chi connectivity index (χ0) is 17.2. The average molecular weight is 356 g/mol. The van der Waals surface area contributed by atoms with Crippen molar-refractivity contribution in [2.24, 2.45) is 17.8 Å². The van der Waals surface area contributed by atoms with Crippen molar-refractivity contribution in [3.63, 3.8) is 0 Å². The Morgan fingerprint density at radius 1 is 1.32 bits per heavy atom. The maximum absolute atomic E-state index is 12.4. The van der Waals surface area contributed by atoms with Gasteiger partial charge in [0, 0.05) is 11.7 Å². The number of para-hydroxylation sites is 1. The van der Waals surface area contributed by atoms with E-state index in [4.69, 9.17) is 0 Å². The molecule has 25 heavy (non-hydrogen) atoms. The number of hydrogen-bond donors (Lipinski definition) is 1. The maximum Gasteiger partial charge on any atom is 0.230 e. The highest BCUT2D eigenvalue weighted by Crippen LogP contribution is 2.49. The second-order valence-electron chi connectivity index (χ2n) is 7.30. The Balaban J connectivity index is 1.32. The monoisotopic (exact) mass is 356 g/mol. The predicted molar refractivity (Wildman–Crippen MR) is 98.6 cm³/mol. The van der Waals surface area contributed by atoms with E-state index in [9.17, 15) is 4.79 Å². The van der Waals surface area contributed by atoms with E-state index in [1.165, 1.54) is 37.4 Å². The summed E-state index contributed by atoms with van der Waals surface area (Å²) in [5, 5.41) is 12.1. The number of amides is 1. The smallest absolute Gasteiger partial charge is 0.230 e. The van der Waals surface area contributed by atoms with Crippen LogP contribution in [0.25, 0.3) is 5.69 Å². The molecule has 0 saturated heterocycles. The Hall–Kier alpha value is -1.82. The number of carbonyl (C=O) groups is 1. The molecule has 6 heteroatoms. The maximum atomic E-state index is 12.4. The summed E-state index contributed by atoms with van der Waals surface area (Å²) >= 11 is 1.43. The molecule has 2 fully saturated rings. The predicted octanol–water partition coefficient (Wildman–Crippen LogP) is 3.30. The van der Waals surface area contributed by atoms with Crippen molar-refractivity contribution in [3.8, 4) is 5.69 Å². The van der Waals surface area contributed by atoms with Crippen LogP contribution in [0.3, 0.4) is 0 Å². The number of benzene rings is 1. The molecular formula is C19H24N4OS. The first kappa shape index (κ1) is 16.6. The summed E-state index contributed by atoms with van der Waals surface area (Å²) in [6.07, 6.45) is 7.10. The summed E-state index contributed by atoms with van der Waals surface area (Å²) in [7, 11) is 0. The lowest BCUT2D eigenvalue weighted by Crippen LogP contribution is -2.40. The molecule has 2 saturated carbocycles. The number of carbonyl (C=O) groups excluding carboxylic acids is 1. The number of fused-ring (bicyclic) bond motifs is 2. The molecule has 5 nitrogen and oxygen atoms in total. The molecule has 4 atom stereocenters. The van der Waals surface area contributed by atoms with Gasteiger partial charge in [0.25, 0.3) is 0 Å². The minimum absolute atomic E-state index is 0.0860. The molecule has 0 aliphatic heterocycles. The van der Waals surface area contributed by atoms with Gasteiger partial charge in [0.1, 0.15) is 6.33 Å². The molecule has 2 bridgehead atoms. The van der Waals surface area contributed by atoms with E-state index >= 15 is 0 Å². The number of aromatic nitrogens is 3. The first-order valence-electron chi connectivity index (χ1n) is 9.08. The van der Waals surface area contributed by atoms with Crippen LogP contribution in [0.2, 0.25) is 0 Å². The van der Waals surface area contributed by atoms with Crippen LogP contribution >= 0.6 is 11.8 Å². The highest BCUT2D eigenvalue weighted by atomic mass is 32.2. The van der Waals surface area contributed by atoms with Crippen molar-refractivity contribution in [3.05, 3.63) is 36.7 Å². The van der Waals surface area contributed by atoms with Gasteiger partial charge in [-0.1, -0.05) is 36.4 Å². The van der Waals surface area contributed by atoms with E-state index in [1.54, 1.807) is 6.33 Å². The third-order valence-corrected chi connectivity index (χ3v) is 6.65. The van der Waals surface area contributed by atoms with Crippen LogP contribution in [0.1, 0.15) is 32.6 Å². The number of rotatable bonds is 6.